The van der Waals surface area contributed by atoms with Gasteiger partial charge in [-0.25, -0.2) is 4.98 Å². The highest BCUT2D eigenvalue weighted by atomic mass is 79.9. The number of pyridine rings is 1. The summed E-state index contributed by atoms with van der Waals surface area (Å²) in [5.41, 5.74) is 0.148. The summed E-state index contributed by atoms with van der Waals surface area (Å²) in [6.45, 7) is 4.52. The van der Waals surface area contributed by atoms with Gasteiger partial charge >= 0.3 is 0 Å². The molecule has 0 saturated heterocycles. The largest absolute Gasteiger partial charge is 0.364 e. The van der Waals surface area contributed by atoms with Crippen molar-refractivity contribution in [1.29, 1.82) is 0 Å². The fourth-order valence-corrected chi connectivity index (χ4v) is 2.37. The Morgan fingerprint density at radius 1 is 1.47 bits per heavy atom. The summed E-state index contributed by atoms with van der Waals surface area (Å²) in [7, 11) is 0. The summed E-state index contributed by atoms with van der Waals surface area (Å²) in [6.07, 6.45) is 5.87. The van der Waals surface area contributed by atoms with E-state index in [1.807, 2.05) is 18.3 Å². The van der Waals surface area contributed by atoms with Gasteiger partial charge in [0.05, 0.1) is 4.47 Å². The fraction of sp³-hybridized carbons (Fsp3) is 0.583. The normalized spacial score (nSPS) is 17.3. The third-order valence-electron chi connectivity index (χ3n) is 3.32. The molecule has 15 heavy (non-hydrogen) atoms. The van der Waals surface area contributed by atoms with E-state index in [9.17, 15) is 0 Å². The lowest BCUT2D eigenvalue weighted by Crippen LogP contribution is -2.43. The average molecular weight is 269 g/mol. The molecule has 1 heterocycles. The van der Waals surface area contributed by atoms with Crippen LogP contribution in [0, 0.1) is 5.92 Å². The molecule has 82 valence electrons. The van der Waals surface area contributed by atoms with Crippen LogP contribution in [0.5, 0.6) is 0 Å². The Morgan fingerprint density at radius 2 is 2.20 bits per heavy atom. The fourth-order valence-electron chi connectivity index (χ4n) is 2.01. The van der Waals surface area contributed by atoms with E-state index < -0.39 is 0 Å². The van der Waals surface area contributed by atoms with E-state index in [1.165, 1.54) is 19.3 Å². The number of hydrogen-bond donors (Lipinski definition) is 1. The molecule has 0 aromatic carbocycles. The number of nitrogens with one attached hydrogen (secondary N) is 1. The van der Waals surface area contributed by atoms with Crippen LogP contribution in [0.15, 0.2) is 22.8 Å². The zero-order valence-corrected chi connectivity index (χ0v) is 10.8. The molecule has 1 aromatic heterocycles. The molecule has 0 unspecified atom stereocenters. The van der Waals surface area contributed by atoms with Crippen LogP contribution in [0.2, 0.25) is 0 Å². The molecular weight excluding hydrogens is 252 g/mol. The summed E-state index contributed by atoms with van der Waals surface area (Å²) in [4.78, 5) is 4.35. The van der Waals surface area contributed by atoms with Crippen molar-refractivity contribution in [2.45, 2.75) is 38.6 Å². The molecule has 1 fully saturated rings. The Bertz CT molecular complexity index is 345. The second-order valence-electron chi connectivity index (χ2n) is 4.81. The summed E-state index contributed by atoms with van der Waals surface area (Å²) >= 11 is 3.51. The zero-order chi connectivity index (χ0) is 10.9. The van der Waals surface area contributed by atoms with Crippen LogP contribution in [-0.2, 0) is 0 Å². The summed E-state index contributed by atoms with van der Waals surface area (Å²) in [5.74, 6) is 1.74. The second kappa shape index (κ2) is 4.12. The minimum absolute atomic E-state index is 0.148. The average Bonchev–Trinajstić information content (AvgIpc) is 2.04. The minimum atomic E-state index is 0.148. The van der Waals surface area contributed by atoms with Crippen molar-refractivity contribution in [1.82, 2.24) is 4.98 Å². The molecule has 1 N–H and O–H groups in total. The Hall–Kier alpha value is -0.570. The molecule has 0 amide bonds. The maximum absolute atomic E-state index is 4.35. The van der Waals surface area contributed by atoms with Gasteiger partial charge in [0.1, 0.15) is 5.82 Å². The first-order valence-corrected chi connectivity index (χ1v) is 6.27. The van der Waals surface area contributed by atoms with E-state index in [4.69, 9.17) is 0 Å². The molecule has 1 aliphatic carbocycles. The van der Waals surface area contributed by atoms with Crippen LogP contribution in [0.25, 0.3) is 0 Å². The molecule has 1 aliphatic rings. The standard InChI is InChI=1S/C12H17BrN2/c1-12(2,9-5-3-6-9)15-11-10(13)7-4-8-14-11/h4,7-9H,3,5-6H2,1-2H3,(H,14,15). The predicted molar refractivity (Wildman–Crippen MR) is 67.0 cm³/mol. The van der Waals surface area contributed by atoms with E-state index in [0.717, 1.165) is 16.2 Å². The minimum Gasteiger partial charge on any atom is -0.364 e. The topological polar surface area (TPSA) is 24.9 Å². The van der Waals surface area contributed by atoms with E-state index in [0.29, 0.717) is 0 Å². The lowest BCUT2D eigenvalue weighted by Gasteiger charge is -2.41. The molecule has 1 saturated carbocycles. The maximum Gasteiger partial charge on any atom is 0.140 e. The summed E-state index contributed by atoms with van der Waals surface area (Å²) in [5, 5.41) is 3.53. The van der Waals surface area contributed by atoms with Crippen LogP contribution in [0.4, 0.5) is 5.82 Å². The lowest BCUT2D eigenvalue weighted by molar-refractivity contribution is 0.215. The van der Waals surface area contributed by atoms with Crippen LogP contribution >= 0.6 is 15.9 Å². The SMILES string of the molecule is CC(C)(Nc1ncccc1Br)C1CCC1. The zero-order valence-electron chi connectivity index (χ0n) is 9.26. The van der Waals surface area contributed by atoms with Crippen molar-refractivity contribution in [3.8, 4) is 0 Å². The number of anilines is 1. The van der Waals surface area contributed by atoms with Crippen molar-refractivity contribution < 1.29 is 0 Å². The molecule has 1 aromatic rings. The highest BCUT2D eigenvalue weighted by molar-refractivity contribution is 9.10. The van der Waals surface area contributed by atoms with E-state index >= 15 is 0 Å². The third-order valence-corrected chi connectivity index (χ3v) is 3.96. The van der Waals surface area contributed by atoms with E-state index in [2.05, 4.69) is 40.1 Å². The second-order valence-corrected chi connectivity index (χ2v) is 5.66. The predicted octanol–water partition coefficient (Wildman–Crippen LogP) is 3.83. The van der Waals surface area contributed by atoms with Gasteiger partial charge in [-0.2, -0.15) is 0 Å². The highest BCUT2D eigenvalue weighted by Gasteiger charge is 2.34. The van der Waals surface area contributed by atoms with Gasteiger partial charge < -0.3 is 5.32 Å². The van der Waals surface area contributed by atoms with Crippen molar-refractivity contribution in [2.75, 3.05) is 5.32 Å². The molecule has 0 spiro atoms. The van der Waals surface area contributed by atoms with E-state index in [-0.39, 0.29) is 5.54 Å². The molecule has 3 heteroatoms. The van der Waals surface area contributed by atoms with Crippen LogP contribution < -0.4 is 5.32 Å². The van der Waals surface area contributed by atoms with Gasteiger partial charge in [-0.05, 0) is 60.7 Å². The van der Waals surface area contributed by atoms with Crippen molar-refractivity contribution in [3.63, 3.8) is 0 Å². The molecule has 0 aliphatic heterocycles. The Labute approximate surface area is 99.6 Å². The number of nitrogens with zero attached hydrogens (tertiary/aromatic N) is 1. The Morgan fingerprint density at radius 3 is 2.73 bits per heavy atom. The van der Waals surface area contributed by atoms with Gasteiger partial charge in [-0.3, -0.25) is 0 Å². The van der Waals surface area contributed by atoms with Crippen molar-refractivity contribution in [2.24, 2.45) is 5.92 Å². The van der Waals surface area contributed by atoms with Gasteiger partial charge in [0.15, 0.2) is 0 Å². The van der Waals surface area contributed by atoms with Gasteiger partial charge in [0.25, 0.3) is 0 Å². The Kier molecular flexibility index (Phi) is 3.01. The summed E-state index contributed by atoms with van der Waals surface area (Å²) in [6, 6.07) is 3.96. The molecule has 0 bridgehead atoms. The first-order valence-electron chi connectivity index (χ1n) is 5.48. The maximum atomic E-state index is 4.35. The van der Waals surface area contributed by atoms with Gasteiger partial charge in [-0.1, -0.05) is 6.42 Å². The first kappa shape index (κ1) is 10.9. The van der Waals surface area contributed by atoms with E-state index in [1.54, 1.807) is 0 Å². The first-order chi connectivity index (χ1) is 7.09. The molecule has 2 rings (SSSR count). The number of halogens is 1. The highest BCUT2D eigenvalue weighted by Crippen LogP contribution is 2.38. The summed E-state index contributed by atoms with van der Waals surface area (Å²) < 4.78 is 1.04. The molecule has 0 atom stereocenters. The number of rotatable bonds is 3. The molecule has 2 nitrogen and oxygen atoms in total. The van der Waals surface area contributed by atoms with Crippen LogP contribution in [0.3, 0.4) is 0 Å². The monoisotopic (exact) mass is 268 g/mol. The van der Waals surface area contributed by atoms with Crippen molar-refractivity contribution in [3.05, 3.63) is 22.8 Å². The smallest absolute Gasteiger partial charge is 0.140 e. The van der Waals surface area contributed by atoms with Crippen molar-refractivity contribution >= 4 is 21.7 Å². The molecule has 0 radical (unpaired) electrons. The number of hydrogen-bond acceptors (Lipinski definition) is 2. The molecular formula is C12H17BrN2. The van der Waals surface area contributed by atoms with Crippen LogP contribution in [0.1, 0.15) is 33.1 Å². The Balaban J connectivity index is 2.10. The van der Waals surface area contributed by atoms with Gasteiger partial charge in [0, 0.05) is 11.7 Å². The van der Waals surface area contributed by atoms with Gasteiger partial charge in [-0.15, -0.1) is 0 Å². The lowest BCUT2D eigenvalue weighted by atomic mass is 9.72. The quantitative estimate of drug-likeness (QED) is 0.901. The number of aromatic nitrogens is 1. The van der Waals surface area contributed by atoms with Crippen LogP contribution in [-0.4, -0.2) is 10.5 Å². The third kappa shape index (κ3) is 2.33. The van der Waals surface area contributed by atoms with Gasteiger partial charge in [0.2, 0.25) is 0 Å².